The number of hydrogen-bond donors (Lipinski definition) is 0. The van der Waals surface area contributed by atoms with Crippen LogP contribution in [0.3, 0.4) is 0 Å². The largest absolute Gasteiger partial charge is 0.339 e. The molecule has 0 spiro atoms. The van der Waals surface area contributed by atoms with Gasteiger partial charge >= 0.3 is 0 Å². The summed E-state index contributed by atoms with van der Waals surface area (Å²) in [6, 6.07) is 0. The maximum atomic E-state index is 4.56. The Kier molecular flexibility index (Phi) is 5.46. The lowest BCUT2D eigenvalue weighted by Gasteiger charge is -2.34. The molecule has 0 unspecified atom stereocenters. The van der Waals surface area contributed by atoms with Crippen molar-refractivity contribution in [2.75, 3.05) is 39.8 Å². The van der Waals surface area contributed by atoms with Crippen molar-refractivity contribution in [3.63, 3.8) is 0 Å². The molecule has 0 bridgehead atoms. The van der Waals surface area contributed by atoms with E-state index in [2.05, 4.69) is 40.6 Å². The molecular formula is C12H24N4. The fraction of sp³-hybridized carbons (Fsp3) is 0.833. The normalized spacial score (nSPS) is 20.4. The van der Waals surface area contributed by atoms with Crippen molar-refractivity contribution in [2.45, 2.75) is 27.2 Å². The van der Waals surface area contributed by atoms with E-state index < -0.39 is 0 Å². The van der Waals surface area contributed by atoms with Gasteiger partial charge in [0.05, 0.1) is 0 Å². The highest BCUT2D eigenvalue weighted by molar-refractivity contribution is 5.95. The quantitative estimate of drug-likeness (QED) is 0.525. The maximum absolute atomic E-state index is 4.56. The average Bonchev–Trinajstić information content (AvgIpc) is 2.35. The van der Waals surface area contributed by atoms with Crippen LogP contribution in [0.1, 0.15) is 27.2 Å². The Morgan fingerprint density at radius 1 is 1.12 bits per heavy atom. The van der Waals surface area contributed by atoms with Gasteiger partial charge in [0, 0.05) is 38.9 Å². The van der Waals surface area contributed by atoms with Gasteiger partial charge in [0.15, 0.2) is 0 Å². The number of likely N-dealkylation sites (N-methyl/N-ethyl adjacent to an activating group) is 1. The van der Waals surface area contributed by atoms with Gasteiger partial charge in [-0.3, -0.25) is 4.99 Å². The SMILES string of the molecule is CC/C(C)=N\C(=NC)N1CCN(CC)CC1. The van der Waals surface area contributed by atoms with Crippen LogP contribution in [0, 0.1) is 0 Å². The van der Waals surface area contributed by atoms with E-state index in [0.717, 1.165) is 50.8 Å². The van der Waals surface area contributed by atoms with Crippen LogP contribution in [0.2, 0.25) is 0 Å². The molecule has 0 aromatic carbocycles. The molecule has 1 rings (SSSR count). The molecule has 16 heavy (non-hydrogen) atoms. The first-order valence-electron chi connectivity index (χ1n) is 6.19. The van der Waals surface area contributed by atoms with Crippen LogP contribution >= 0.6 is 0 Å². The lowest BCUT2D eigenvalue weighted by atomic mass is 10.3. The Hall–Kier alpha value is -0.900. The third-order valence-electron chi connectivity index (χ3n) is 3.10. The fourth-order valence-corrected chi connectivity index (χ4v) is 1.78. The van der Waals surface area contributed by atoms with Crippen LogP contribution in [-0.2, 0) is 0 Å². The Labute approximate surface area is 99.1 Å². The molecule has 4 nitrogen and oxygen atoms in total. The summed E-state index contributed by atoms with van der Waals surface area (Å²) in [6.07, 6.45) is 0.994. The van der Waals surface area contributed by atoms with Gasteiger partial charge in [-0.05, 0) is 19.9 Å². The molecule has 0 aromatic heterocycles. The van der Waals surface area contributed by atoms with Crippen molar-refractivity contribution in [1.29, 1.82) is 0 Å². The summed E-state index contributed by atoms with van der Waals surface area (Å²) in [4.78, 5) is 13.6. The second-order valence-electron chi connectivity index (χ2n) is 4.15. The molecule has 1 heterocycles. The summed E-state index contributed by atoms with van der Waals surface area (Å²) in [5.41, 5.74) is 1.15. The zero-order chi connectivity index (χ0) is 12.0. The molecule has 0 saturated carbocycles. The van der Waals surface area contributed by atoms with Crippen LogP contribution in [0.4, 0.5) is 0 Å². The number of rotatable bonds is 2. The number of nitrogens with zero attached hydrogens (tertiary/aromatic N) is 4. The lowest BCUT2D eigenvalue weighted by Crippen LogP contribution is -2.48. The average molecular weight is 224 g/mol. The van der Waals surface area contributed by atoms with Gasteiger partial charge in [0.25, 0.3) is 0 Å². The van der Waals surface area contributed by atoms with Gasteiger partial charge in [-0.1, -0.05) is 13.8 Å². The molecule has 4 heteroatoms. The van der Waals surface area contributed by atoms with Gasteiger partial charge in [-0.15, -0.1) is 0 Å². The zero-order valence-electron chi connectivity index (χ0n) is 11.0. The molecule has 0 radical (unpaired) electrons. The number of aliphatic imine (C=N–C) groups is 2. The predicted octanol–water partition coefficient (Wildman–Crippen LogP) is 1.48. The van der Waals surface area contributed by atoms with Gasteiger partial charge < -0.3 is 9.80 Å². The van der Waals surface area contributed by atoms with E-state index >= 15 is 0 Å². The second-order valence-corrected chi connectivity index (χ2v) is 4.15. The van der Waals surface area contributed by atoms with Crippen LogP contribution in [0.15, 0.2) is 9.98 Å². The number of guanidine groups is 1. The molecule has 1 saturated heterocycles. The highest BCUT2D eigenvalue weighted by atomic mass is 15.3. The Morgan fingerprint density at radius 2 is 1.75 bits per heavy atom. The lowest BCUT2D eigenvalue weighted by molar-refractivity contribution is 0.189. The first-order valence-corrected chi connectivity index (χ1v) is 6.19. The maximum Gasteiger partial charge on any atom is 0.220 e. The van der Waals surface area contributed by atoms with Crippen molar-refractivity contribution in [2.24, 2.45) is 9.98 Å². The minimum Gasteiger partial charge on any atom is -0.339 e. The van der Waals surface area contributed by atoms with Crippen molar-refractivity contribution in [1.82, 2.24) is 9.80 Å². The first kappa shape index (κ1) is 13.2. The molecule has 0 aliphatic carbocycles. The highest BCUT2D eigenvalue weighted by Crippen LogP contribution is 2.04. The van der Waals surface area contributed by atoms with Crippen LogP contribution < -0.4 is 0 Å². The van der Waals surface area contributed by atoms with E-state index in [-0.39, 0.29) is 0 Å². The topological polar surface area (TPSA) is 31.2 Å². The van der Waals surface area contributed by atoms with Crippen LogP contribution in [-0.4, -0.2) is 61.2 Å². The van der Waals surface area contributed by atoms with Gasteiger partial charge in [0.1, 0.15) is 0 Å². The zero-order valence-corrected chi connectivity index (χ0v) is 11.0. The summed E-state index contributed by atoms with van der Waals surface area (Å²) >= 11 is 0. The third-order valence-corrected chi connectivity index (χ3v) is 3.10. The van der Waals surface area contributed by atoms with E-state index in [1.807, 2.05) is 7.05 Å². The Balaban J connectivity index is 2.57. The second kappa shape index (κ2) is 6.63. The first-order chi connectivity index (χ1) is 7.71. The van der Waals surface area contributed by atoms with E-state index in [9.17, 15) is 0 Å². The van der Waals surface area contributed by atoms with Crippen LogP contribution in [0.25, 0.3) is 0 Å². The molecule has 0 amide bonds. The number of hydrogen-bond acceptors (Lipinski definition) is 2. The molecule has 0 aromatic rings. The fourth-order valence-electron chi connectivity index (χ4n) is 1.78. The summed E-state index contributed by atoms with van der Waals surface area (Å²) in [7, 11) is 1.83. The predicted molar refractivity (Wildman–Crippen MR) is 70.4 cm³/mol. The minimum absolute atomic E-state index is 0.898. The summed E-state index contributed by atoms with van der Waals surface area (Å²) in [6.45, 7) is 11.9. The summed E-state index contributed by atoms with van der Waals surface area (Å²) < 4.78 is 0. The standard InChI is InChI=1S/C12H24N4/c1-5-11(3)14-12(13-4)16-9-7-15(6-2)8-10-16/h5-10H2,1-4H3/b13-12?,14-11-. The smallest absolute Gasteiger partial charge is 0.220 e. The molecule has 92 valence electrons. The molecule has 0 N–H and O–H groups in total. The molecule has 1 aliphatic rings. The molecule has 1 fully saturated rings. The molecule has 1 aliphatic heterocycles. The van der Waals surface area contributed by atoms with Crippen molar-refractivity contribution < 1.29 is 0 Å². The van der Waals surface area contributed by atoms with Gasteiger partial charge in [0.2, 0.25) is 5.96 Å². The van der Waals surface area contributed by atoms with E-state index in [1.165, 1.54) is 0 Å². The number of piperazine rings is 1. The Bertz CT molecular complexity index is 262. The van der Waals surface area contributed by atoms with Gasteiger partial charge in [-0.2, -0.15) is 0 Å². The van der Waals surface area contributed by atoms with Crippen molar-refractivity contribution in [3.05, 3.63) is 0 Å². The van der Waals surface area contributed by atoms with Crippen LogP contribution in [0.5, 0.6) is 0 Å². The van der Waals surface area contributed by atoms with E-state index in [0.29, 0.717) is 0 Å². The van der Waals surface area contributed by atoms with E-state index in [1.54, 1.807) is 0 Å². The minimum atomic E-state index is 0.898. The Morgan fingerprint density at radius 3 is 2.19 bits per heavy atom. The summed E-state index contributed by atoms with van der Waals surface area (Å²) in [5.74, 6) is 0.898. The molecule has 0 atom stereocenters. The third kappa shape index (κ3) is 3.59. The highest BCUT2D eigenvalue weighted by Gasteiger charge is 2.17. The van der Waals surface area contributed by atoms with Crippen molar-refractivity contribution >= 4 is 11.7 Å². The monoisotopic (exact) mass is 224 g/mol. The van der Waals surface area contributed by atoms with Gasteiger partial charge in [-0.25, -0.2) is 4.99 Å². The summed E-state index contributed by atoms with van der Waals surface area (Å²) in [5, 5.41) is 0. The van der Waals surface area contributed by atoms with E-state index in [4.69, 9.17) is 0 Å². The van der Waals surface area contributed by atoms with Crippen molar-refractivity contribution in [3.8, 4) is 0 Å². The molecular weight excluding hydrogens is 200 g/mol.